The molecule has 3 aromatic carbocycles. The summed E-state index contributed by atoms with van der Waals surface area (Å²) in [5, 5.41) is 3.73. The number of amides is 2. The number of benzene rings is 3. The molecule has 0 aliphatic rings. The van der Waals surface area contributed by atoms with Gasteiger partial charge in [0.2, 0.25) is 11.8 Å². The van der Waals surface area contributed by atoms with Gasteiger partial charge in [0.05, 0.1) is 6.42 Å². The van der Waals surface area contributed by atoms with E-state index in [-0.39, 0.29) is 18.2 Å². The molecule has 0 heterocycles. The minimum atomic E-state index is -0.661. The summed E-state index contributed by atoms with van der Waals surface area (Å²) < 4.78 is 0. The second-order valence-corrected chi connectivity index (χ2v) is 10.6. The molecule has 0 spiro atoms. The van der Waals surface area contributed by atoms with Crippen molar-refractivity contribution in [1.82, 2.24) is 10.2 Å². The second kappa shape index (κ2) is 11.5. The van der Waals surface area contributed by atoms with Crippen LogP contribution >= 0.6 is 11.6 Å². The molecule has 0 aromatic heterocycles. The molecule has 0 unspecified atom stereocenters. The summed E-state index contributed by atoms with van der Waals surface area (Å²) in [6.45, 7) is 10.3. The lowest BCUT2D eigenvalue weighted by Crippen LogP contribution is -2.54. The molecule has 1 N–H and O–H groups in total. The first-order chi connectivity index (χ1) is 16.5. The Labute approximate surface area is 214 Å². The summed E-state index contributed by atoms with van der Waals surface area (Å²) in [4.78, 5) is 29.1. The van der Waals surface area contributed by atoms with Crippen molar-refractivity contribution < 1.29 is 9.59 Å². The molecular formula is C30H35ClN2O2. The fourth-order valence-electron chi connectivity index (χ4n) is 3.98. The van der Waals surface area contributed by atoms with E-state index < -0.39 is 11.6 Å². The van der Waals surface area contributed by atoms with Crippen molar-refractivity contribution in [2.24, 2.45) is 0 Å². The Bertz CT molecular complexity index is 1150. The van der Waals surface area contributed by atoms with E-state index in [2.05, 4.69) is 18.3 Å². The fourth-order valence-corrected chi connectivity index (χ4v) is 4.11. The van der Waals surface area contributed by atoms with Gasteiger partial charge in [-0.05, 0) is 74.6 Å². The van der Waals surface area contributed by atoms with Gasteiger partial charge < -0.3 is 10.2 Å². The summed E-state index contributed by atoms with van der Waals surface area (Å²) in [5.41, 5.74) is 4.77. The van der Waals surface area contributed by atoms with Crippen LogP contribution < -0.4 is 5.32 Å². The van der Waals surface area contributed by atoms with Gasteiger partial charge in [0.25, 0.3) is 0 Å². The average molecular weight is 491 g/mol. The maximum absolute atomic E-state index is 13.8. The first-order valence-corrected chi connectivity index (χ1v) is 12.4. The van der Waals surface area contributed by atoms with Gasteiger partial charge in [-0.2, -0.15) is 0 Å². The molecule has 2 amide bonds. The van der Waals surface area contributed by atoms with Gasteiger partial charge in [0.1, 0.15) is 6.04 Å². The van der Waals surface area contributed by atoms with E-state index >= 15 is 0 Å². The zero-order valence-corrected chi connectivity index (χ0v) is 22.0. The highest BCUT2D eigenvalue weighted by atomic mass is 35.5. The number of hydrogen-bond donors (Lipinski definition) is 1. The average Bonchev–Trinajstić information content (AvgIpc) is 2.79. The van der Waals surface area contributed by atoms with Crippen LogP contribution in [0.1, 0.15) is 48.6 Å². The largest absolute Gasteiger partial charge is 0.350 e. The molecule has 0 bridgehead atoms. The van der Waals surface area contributed by atoms with Gasteiger partial charge >= 0.3 is 0 Å². The van der Waals surface area contributed by atoms with Gasteiger partial charge in [-0.25, -0.2) is 0 Å². The lowest BCUT2D eigenvalue weighted by atomic mass is 9.99. The van der Waals surface area contributed by atoms with Crippen molar-refractivity contribution in [1.29, 1.82) is 0 Å². The van der Waals surface area contributed by atoms with Crippen LogP contribution in [0, 0.1) is 13.8 Å². The second-order valence-electron chi connectivity index (χ2n) is 10.2. The summed E-state index contributed by atoms with van der Waals surface area (Å²) in [7, 11) is 0. The Morgan fingerprint density at radius 3 is 2.09 bits per heavy atom. The molecule has 0 fully saturated rings. The Morgan fingerprint density at radius 1 is 0.857 bits per heavy atom. The number of nitrogens with zero attached hydrogens (tertiary/aromatic N) is 1. The molecule has 0 saturated heterocycles. The topological polar surface area (TPSA) is 49.4 Å². The number of carbonyl (C=O) groups excluding carboxylic acids is 2. The van der Waals surface area contributed by atoms with Crippen LogP contribution in [0.5, 0.6) is 0 Å². The van der Waals surface area contributed by atoms with Crippen molar-refractivity contribution in [2.45, 2.75) is 65.6 Å². The van der Waals surface area contributed by atoms with E-state index in [9.17, 15) is 9.59 Å². The maximum atomic E-state index is 13.8. The summed E-state index contributed by atoms with van der Waals surface area (Å²) >= 11 is 6.09. The van der Waals surface area contributed by atoms with Gasteiger partial charge in [0, 0.05) is 23.5 Å². The minimum absolute atomic E-state index is 0.0896. The molecule has 0 saturated carbocycles. The molecule has 0 aliphatic heterocycles. The summed E-state index contributed by atoms with van der Waals surface area (Å²) in [5.74, 6) is -0.253. The predicted octanol–water partition coefficient (Wildman–Crippen LogP) is 6.05. The van der Waals surface area contributed by atoms with Crippen LogP contribution in [-0.4, -0.2) is 28.3 Å². The van der Waals surface area contributed by atoms with E-state index in [0.717, 1.165) is 22.3 Å². The highest BCUT2D eigenvalue weighted by molar-refractivity contribution is 6.30. The summed E-state index contributed by atoms with van der Waals surface area (Å²) in [6.07, 6.45) is 0.651. The summed E-state index contributed by atoms with van der Waals surface area (Å²) in [6, 6.07) is 22.7. The standard InChI is InChI=1S/C30H35ClN2O2/c1-21-11-12-25(17-22(21)2)19-28(34)33(20-24-13-15-26(31)16-14-24)27(29(35)32-30(3,4)5)18-23-9-7-6-8-10-23/h6-17,27H,18-20H2,1-5H3,(H,32,35)/t27-/m1/s1. The Morgan fingerprint density at radius 2 is 1.49 bits per heavy atom. The molecule has 0 aliphatic carbocycles. The number of aryl methyl sites for hydroxylation is 2. The smallest absolute Gasteiger partial charge is 0.243 e. The number of halogens is 1. The Hall–Kier alpha value is -3.11. The van der Waals surface area contributed by atoms with Crippen LogP contribution in [0.15, 0.2) is 72.8 Å². The highest BCUT2D eigenvalue weighted by Crippen LogP contribution is 2.19. The number of rotatable bonds is 8. The van der Waals surface area contributed by atoms with Gasteiger partial charge in [-0.3, -0.25) is 9.59 Å². The third-order valence-corrected chi connectivity index (χ3v) is 6.21. The van der Waals surface area contributed by atoms with Crippen molar-refractivity contribution in [3.63, 3.8) is 0 Å². The number of nitrogens with one attached hydrogen (secondary N) is 1. The fraction of sp³-hybridized carbons (Fsp3) is 0.333. The molecule has 0 radical (unpaired) electrons. The molecule has 1 atom stereocenters. The Balaban J connectivity index is 1.99. The van der Waals surface area contributed by atoms with E-state index in [4.69, 9.17) is 11.6 Å². The first-order valence-electron chi connectivity index (χ1n) is 12.0. The monoisotopic (exact) mass is 490 g/mol. The lowest BCUT2D eigenvalue weighted by Gasteiger charge is -2.34. The van der Waals surface area contributed by atoms with Gasteiger partial charge in [0.15, 0.2) is 0 Å². The van der Waals surface area contributed by atoms with Crippen LogP contribution in [0.4, 0.5) is 0 Å². The van der Waals surface area contributed by atoms with Crippen LogP contribution in [0.25, 0.3) is 0 Å². The normalized spacial score (nSPS) is 12.2. The Kier molecular flexibility index (Phi) is 8.74. The van der Waals surface area contributed by atoms with E-state index in [1.54, 1.807) is 4.90 Å². The zero-order valence-electron chi connectivity index (χ0n) is 21.3. The molecule has 3 rings (SSSR count). The van der Waals surface area contributed by atoms with Gasteiger partial charge in [-0.15, -0.1) is 0 Å². The quantitative estimate of drug-likeness (QED) is 0.417. The maximum Gasteiger partial charge on any atom is 0.243 e. The van der Waals surface area contributed by atoms with Crippen LogP contribution in [-0.2, 0) is 29.0 Å². The third kappa shape index (κ3) is 7.97. The SMILES string of the molecule is Cc1ccc(CC(=O)N(Cc2ccc(Cl)cc2)[C@H](Cc2ccccc2)C(=O)NC(C)(C)C)cc1C. The molecule has 35 heavy (non-hydrogen) atoms. The molecule has 184 valence electrons. The number of hydrogen-bond acceptors (Lipinski definition) is 2. The van der Waals surface area contributed by atoms with Crippen molar-refractivity contribution in [3.8, 4) is 0 Å². The molecule has 5 heteroatoms. The van der Waals surface area contributed by atoms with Gasteiger partial charge in [-0.1, -0.05) is 72.3 Å². The highest BCUT2D eigenvalue weighted by Gasteiger charge is 2.32. The molecule has 4 nitrogen and oxygen atoms in total. The first kappa shape index (κ1) is 26.5. The van der Waals surface area contributed by atoms with E-state index in [1.807, 2.05) is 94.4 Å². The van der Waals surface area contributed by atoms with Crippen molar-refractivity contribution >= 4 is 23.4 Å². The van der Waals surface area contributed by atoms with Crippen molar-refractivity contribution in [3.05, 3.63) is 106 Å². The number of carbonyl (C=O) groups is 2. The third-order valence-electron chi connectivity index (χ3n) is 5.96. The molecular weight excluding hydrogens is 456 g/mol. The van der Waals surface area contributed by atoms with E-state index in [0.29, 0.717) is 18.0 Å². The minimum Gasteiger partial charge on any atom is -0.350 e. The predicted molar refractivity (Wildman–Crippen MR) is 143 cm³/mol. The van der Waals surface area contributed by atoms with E-state index in [1.165, 1.54) is 5.56 Å². The van der Waals surface area contributed by atoms with Crippen LogP contribution in [0.3, 0.4) is 0 Å². The van der Waals surface area contributed by atoms with Crippen LogP contribution in [0.2, 0.25) is 5.02 Å². The zero-order chi connectivity index (χ0) is 25.6. The van der Waals surface area contributed by atoms with Crippen molar-refractivity contribution in [2.75, 3.05) is 0 Å². The lowest BCUT2D eigenvalue weighted by molar-refractivity contribution is -0.141. The molecule has 3 aromatic rings.